The highest BCUT2D eigenvalue weighted by molar-refractivity contribution is 9.11. The number of rotatable bonds is 4. The van der Waals surface area contributed by atoms with Gasteiger partial charge in [0.2, 0.25) is 0 Å². The molecule has 0 bridgehead atoms. The second-order valence-electron chi connectivity index (χ2n) is 4.42. The third-order valence-corrected chi connectivity index (χ3v) is 4.27. The predicted molar refractivity (Wildman–Crippen MR) is 83.7 cm³/mol. The maximum Gasteiger partial charge on any atom is 0.194 e. The quantitative estimate of drug-likeness (QED) is 0.656. The van der Waals surface area contributed by atoms with Gasteiger partial charge in [0.1, 0.15) is 0 Å². The second-order valence-corrected chi connectivity index (χ2v) is 6.19. The first-order chi connectivity index (χ1) is 9.95. The Bertz CT molecular complexity index is 662. The van der Waals surface area contributed by atoms with Crippen molar-refractivity contribution in [3.8, 4) is 0 Å². The zero-order chi connectivity index (χ0) is 15.6. The van der Waals surface area contributed by atoms with Crippen molar-refractivity contribution in [3.05, 3.63) is 67.9 Å². The van der Waals surface area contributed by atoms with Crippen molar-refractivity contribution < 1.29 is 13.2 Å². The minimum atomic E-state index is -1.46. The van der Waals surface area contributed by atoms with Gasteiger partial charge in [0, 0.05) is 14.5 Å². The highest BCUT2D eigenvalue weighted by Gasteiger charge is 2.23. The standard InChI is InChI=1S/C15H12Br2F3N/c1-2-21-15(10-7-8(16)3-5-11(10)17)9-4-6-12(18)14(20)13(9)19/h3-7,15,21H,2H2,1H3. The van der Waals surface area contributed by atoms with Gasteiger partial charge in [0.05, 0.1) is 6.04 Å². The summed E-state index contributed by atoms with van der Waals surface area (Å²) in [6, 6.07) is 7.05. The van der Waals surface area contributed by atoms with Crippen LogP contribution in [-0.2, 0) is 0 Å². The van der Waals surface area contributed by atoms with Gasteiger partial charge in [0.15, 0.2) is 17.5 Å². The Labute approximate surface area is 137 Å². The fourth-order valence-corrected chi connectivity index (χ4v) is 2.95. The highest BCUT2D eigenvalue weighted by Crippen LogP contribution is 2.33. The van der Waals surface area contributed by atoms with Crippen molar-refractivity contribution in [2.75, 3.05) is 6.54 Å². The lowest BCUT2D eigenvalue weighted by Gasteiger charge is -2.21. The van der Waals surface area contributed by atoms with Crippen LogP contribution in [0.4, 0.5) is 13.2 Å². The van der Waals surface area contributed by atoms with Gasteiger partial charge in [-0.1, -0.05) is 44.8 Å². The molecule has 1 N–H and O–H groups in total. The van der Waals surface area contributed by atoms with E-state index in [9.17, 15) is 13.2 Å². The van der Waals surface area contributed by atoms with E-state index in [1.807, 2.05) is 19.1 Å². The van der Waals surface area contributed by atoms with E-state index in [-0.39, 0.29) is 5.56 Å². The zero-order valence-corrected chi connectivity index (χ0v) is 14.2. The molecule has 6 heteroatoms. The highest BCUT2D eigenvalue weighted by atomic mass is 79.9. The Hall–Kier alpha value is -0.850. The topological polar surface area (TPSA) is 12.0 Å². The lowest BCUT2D eigenvalue weighted by molar-refractivity contribution is 0.433. The largest absolute Gasteiger partial charge is 0.306 e. The summed E-state index contributed by atoms with van der Waals surface area (Å²) in [5.74, 6) is -3.82. The minimum absolute atomic E-state index is 0.0644. The Balaban J connectivity index is 2.59. The smallest absolute Gasteiger partial charge is 0.194 e. The molecule has 21 heavy (non-hydrogen) atoms. The molecule has 1 unspecified atom stereocenters. The summed E-state index contributed by atoms with van der Waals surface area (Å²) >= 11 is 6.76. The van der Waals surface area contributed by atoms with Gasteiger partial charge in [-0.3, -0.25) is 0 Å². The molecule has 0 aliphatic rings. The number of hydrogen-bond donors (Lipinski definition) is 1. The van der Waals surface area contributed by atoms with Gasteiger partial charge in [-0.05, 0) is 36.4 Å². The van der Waals surface area contributed by atoms with Crippen LogP contribution in [0.5, 0.6) is 0 Å². The molecular weight excluding hydrogens is 411 g/mol. The van der Waals surface area contributed by atoms with Crippen LogP contribution in [0.25, 0.3) is 0 Å². The number of hydrogen-bond acceptors (Lipinski definition) is 1. The van der Waals surface area contributed by atoms with Crippen LogP contribution >= 0.6 is 31.9 Å². The predicted octanol–water partition coefficient (Wildman–Crippen LogP) is 5.33. The van der Waals surface area contributed by atoms with E-state index < -0.39 is 23.5 Å². The maximum absolute atomic E-state index is 14.1. The molecule has 0 radical (unpaired) electrons. The third-order valence-electron chi connectivity index (χ3n) is 3.05. The summed E-state index contributed by atoms with van der Waals surface area (Å²) in [6.07, 6.45) is 0. The van der Waals surface area contributed by atoms with Gasteiger partial charge in [-0.2, -0.15) is 0 Å². The van der Waals surface area contributed by atoms with Crippen LogP contribution in [0.2, 0.25) is 0 Å². The van der Waals surface area contributed by atoms with Gasteiger partial charge < -0.3 is 5.32 Å². The minimum Gasteiger partial charge on any atom is -0.306 e. The fourth-order valence-electron chi connectivity index (χ4n) is 2.09. The second kappa shape index (κ2) is 6.94. The van der Waals surface area contributed by atoms with Crippen LogP contribution in [0.3, 0.4) is 0 Å². The van der Waals surface area contributed by atoms with Crippen LogP contribution < -0.4 is 5.32 Å². The normalized spacial score (nSPS) is 12.5. The first kappa shape index (κ1) is 16.5. The molecule has 0 spiro atoms. The Kier molecular flexibility index (Phi) is 5.46. The molecule has 112 valence electrons. The molecule has 1 atom stereocenters. The van der Waals surface area contributed by atoms with Gasteiger partial charge >= 0.3 is 0 Å². The molecule has 0 saturated heterocycles. The SMILES string of the molecule is CCNC(c1cc(Br)ccc1Br)c1ccc(F)c(F)c1F. The van der Waals surface area contributed by atoms with E-state index in [1.165, 1.54) is 6.07 Å². The van der Waals surface area contributed by atoms with Crippen molar-refractivity contribution in [2.24, 2.45) is 0 Å². The van der Waals surface area contributed by atoms with Gasteiger partial charge in [0.25, 0.3) is 0 Å². The summed E-state index contributed by atoms with van der Waals surface area (Å²) in [7, 11) is 0. The molecule has 0 aliphatic carbocycles. The number of nitrogens with one attached hydrogen (secondary N) is 1. The molecule has 2 aromatic rings. The molecule has 0 heterocycles. The molecule has 1 nitrogen and oxygen atoms in total. The molecule has 2 aromatic carbocycles. The Morgan fingerprint density at radius 1 is 1.00 bits per heavy atom. The van der Waals surface area contributed by atoms with E-state index >= 15 is 0 Å². The number of halogens is 5. The van der Waals surface area contributed by atoms with E-state index in [1.54, 1.807) is 6.07 Å². The first-order valence-corrected chi connectivity index (χ1v) is 7.86. The van der Waals surface area contributed by atoms with Crippen molar-refractivity contribution in [1.82, 2.24) is 5.32 Å². The average molecular weight is 423 g/mol. The van der Waals surface area contributed by atoms with Crippen LogP contribution in [0.15, 0.2) is 39.3 Å². The van der Waals surface area contributed by atoms with Crippen molar-refractivity contribution in [1.29, 1.82) is 0 Å². The van der Waals surface area contributed by atoms with Crippen LogP contribution in [0, 0.1) is 17.5 Å². The molecule has 2 rings (SSSR count). The van der Waals surface area contributed by atoms with Crippen LogP contribution in [-0.4, -0.2) is 6.54 Å². The molecule has 0 aliphatic heterocycles. The Morgan fingerprint density at radius 3 is 2.38 bits per heavy atom. The van der Waals surface area contributed by atoms with E-state index in [4.69, 9.17) is 0 Å². The lowest BCUT2D eigenvalue weighted by Crippen LogP contribution is -2.24. The van der Waals surface area contributed by atoms with E-state index in [0.29, 0.717) is 6.54 Å². The summed E-state index contributed by atoms with van der Waals surface area (Å²) in [5.41, 5.74) is 0.797. The first-order valence-electron chi connectivity index (χ1n) is 6.27. The van der Waals surface area contributed by atoms with Crippen molar-refractivity contribution >= 4 is 31.9 Å². The summed E-state index contributed by atoms with van der Waals surface area (Å²) < 4.78 is 42.2. The van der Waals surface area contributed by atoms with Gasteiger partial charge in [-0.15, -0.1) is 0 Å². The van der Waals surface area contributed by atoms with E-state index in [2.05, 4.69) is 37.2 Å². The summed E-state index contributed by atoms with van der Waals surface area (Å²) in [4.78, 5) is 0. The summed E-state index contributed by atoms with van der Waals surface area (Å²) in [6.45, 7) is 2.40. The molecule has 0 fully saturated rings. The molecule has 0 saturated carbocycles. The monoisotopic (exact) mass is 421 g/mol. The maximum atomic E-state index is 14.1. The fraction of sp³-hybridized carbons (Fsp3) is 0.200. The lowest BCUT2D eigenvalue weighted by atomic mass is 9.98. The number of benzene rings is 2. The molecule has 0 amide bonds. The third kappa shape index (κ3) is 3.49. The average Bonchev–Trinajstić information content (AvgIpc) is 2.46. The van der Waals surface area contributed by atoms with Crippen LogP contribution in [0.1, 0.15) is 24.1 Å². The molecular formula is C15H12Br2F3N. The van der Waals surface area contributed by atoms with Gasteiger partial charge in [-0.25, -0.2) is 13.2 Å². The Morgan fingerprint density at radius 2 is 1.71 bits per heavy atom. The van der Waals surface area contributed by atoms with Crippen molar-refractivity contribution in [3.63, 3.8) is 0 Å². The zero-order valence-electron chi connectivity index (χ0n) is 11.1. The van der Waals surface area contributed by atoms with Crippen molar-refractivity contribution in [2.45, 2.75) is 13.0 Å². The summed E-state index contributed by atoms with van der Waals surface area (Å²) in [5, 5.41) is 3.09. The van der Waals surface area contributed by atoms with E-state index in [0.717, 1.165) is 20.6 Å². The molecule has 0 aromatic heterocycles.